The van der Waals surface area contributed by atoms with Gasteiger partial charge in [0.25, 0.3) is 20.2 Å². The lowest BCUT2D eigenvalue weighted by atomic mass is 10.1. The zero-order chi connectivity index (χ0) is 27.1. The number of aromatic nitrogens is 2. The molecule has 0 unspecified atom stereocenters. The van der Waals surface area contributed by atoms with Crippen molar-refractivity contribution in [3.05, 3.63) is 65.6 Å². The van der Waals surface area contributed by atoms with Crippen molar-refractivity contribution in [1.29, 1.82) is 0 Å². The van der Waals surface area contributed by atoms with Crippen LogP contribution in [0.25, 0.3) is 10.8 Å². The first-order chi connectivity index (χ1) is 17.3. The number of benzene rings is 3. The Hall–Kier alpha value is -3.83. The highest BCUT2D eigenvalue weighted by atomic mass is 35.5. The van der Waals surface area contributed by atoms with Crippen molar-refractivity contribution in [3.63, 3.8) is 0 Å². The van der Waals surface area contributed by atoms with Gasteiger partial charge in [-0.05, 0) is 41.8 Å². The summed E-state index contributed by atoms with van der Waals surface area (Å²) in [6.07, 6.45) is -1.40. The van der Waals surface area contributed by atoms with E-state index >= 15 is 0 Å². The summed E-state index contributed by atoms with van der Waals surface area (Å²) in [4.78, 5) is 4.63. The first kappa shape index (κ1) is 26.2. The lowest BCUT2D eigenvalue weighted by Gasteiger charge is -2.12. The van der Waals surface area contributed by atoms with Crippen LogP contribution in [0.1, 0.15) is 0 Å². The maximum atomic E-state index is 13.6. The zero-order valence-corrected chi connectivity index (χ0v) is 20.2. The molecule has 0 spiro atoms. The number of phenolic OH excluding ortho intramolecular Hbond substituents is 1. The summed E-state index contributed by atoms with van der Waals surface area (Å²) < 4.78 is 93.3. The summed E-state index contributed by atoms with van der Waals surface area (Å²) in [6, 6.07) is 9.58. The van der Waals surface area contributed by atoms with Crippen molar-refractivity contribution < 1.29 is 39.8 Å². The third-order valence-corrected chi connectivity index (χ3v) is 6.88. The summed E-state index contributed by atoms with van der Waals surface area (Å²) in [5.74, 6) is -2.52. The van der Waals surface area contributed by atoms with Crippen LogP contribution in [0.3, 0.4) is 0 Å². The third-order valence-electron chi connectivity index (χ3n) is 4.78. The van der Waals surface area contributed by atoms with E-state index in [1.807, 2.05) is 0 Å². The molecule has 0 aliphatic heterocycles. The van der Waals surface area contributed by atoms with Crippen molar-refractivity contribution in [1.82, 2.24) is 9.97 Å². The zero-order valence-electron chi connectivity index (χ0n) is 17.8. The van der Waals surface area contributed by atoms with Gasteiger partial charge in [-0.25, -0.2) is 0 Å². The second-order valence-electron chi connectivity index (χ2n) is 7.20. The smallest absolute Gasteiger partial charge is 0.313 e. The fraction of sp³-hybridized carbons (Fsp3) is 0. The van der Waals surface area contributed by atoms with E-state index < -0.39 is 64.3 Å². The van der Waals surface area contributed by atoms with Gasteiger partial charge in [-0.3, -0.25) is 9.11 Å². The molecule has 4 N–H and O–H groups in total. The number of nitrogens with one attached hydrogen (secondary N) is 1. The number of aromatic hydroxyl groups is 1. The Labute approximate surface area is 211 Å². The molecule has 0 saturated heterocycles. The topological polar surface area (TPSA) is 191 Å². The van der Waals surface area contributed by atoms with Crippen molar-refractivity contribution in [2.45, 2.75) is 9.79 Å². The van der Waals surface area contributed by atoms with E-state index in [0.29, 0.717) is 0 Å². The number of azo groups is 1. The first-order valence-corrected chi connectivity index (χ1v) is 12.9. The fourth-order valence-corrected chi connectivity index (χ4v) is 4.61. The Bertz CT molecular complexity index is 1820. The fourth-order valence-electron chi connectivity index (χ4n) is 3.20. The standard InChI is InChI=1S/C20H12ClF2N5O7S2/c21-15-18(22)25-20(23)26-19(15)24-10-5-6-11-9(7-10)8-14(37(33,34)35)16(17(11)29)28-27-12-3-1-2-4-13(12)36(30,31)32/h1-8,29H,(H,24,25,26)(H,30,31,32)(H,33,34,35). The van der Waals surface area contributed by atoms with Crippen LogP contribution < -0.4 is 5.32 Å². The molecule has 0 radical (unpaired) electrons. The Morgan fingerprint density at radius 1 is 0.892 bits per heavy atom. The SMILES string of the molecule is O=S(=O)(O)c1ccccc1N=Nc1c(S(=O)(=O)O)cc2cc(Nc3nc(F)nc(F)c3Cl)ccc2c1O. The number of phenols is 1. The second-order valence-corrected chi connectivity index (χ2v) is 10.4. The molecule has 0 atom stereocenters. The van der Waals surface area contributed by atoms with Crippen molar-refractivity contribution in [2.24, 2.45) is 10.2 Å². The Balaban J connectivity index is 1.85. The number of halogens is 3. The molecule has 1 aromatic heterocycles. The summed E-state index contributed by atoms with van der Waals surface area (Å²) in [7, 11) is -9.74. The molecule has 37 heavy (non-hydrogen) atoms. The molecule has 0 saturated carbocycles. The molecule has 1 heterocycles. The molecule has 0 fully saturated rings. The number of anilines is 2. The van der Waals surface area contributed by atoms with E-state index in [-0.39, 0.29) is 22.1 Å². The molecule has 0 bridgehead atoms. The van der Waals surface area contributed by atoms with Gasteiger partial charge in [0.1, 0.15) is 26.2 Å². The minimum absolute atomic E-state index is 0.00103. The molecule has 3 aromatic carbocycles. The number of fused-ring (bicyclic) bond motifs is 1. The second kappa shape index (κ2) is 9.56. The summed E-state index contributed by atoms with van der Waals surface area (Å²) in [5.41, 5.74) is -1.01. The highest BCUT2D eigenvalue weighted by molar-refractivity contribution is 7.86. The highest BCUT2D eigenvalue weighted by Crippen LogP contribution is 2.42. The predicted octanol–water partition coefficient (Wildman–Crippen LogP) is 4.92. The quantitative estimate of drug-likeness (QED) is 0.107. The molecular weight excluding hydrogens is 560 g/mol. The van der Waals surface area contributed by atoms with Crippen LogP contribution >= 0.6 is 11.6 Å². The van der Waals surface area contributed by atoms with Gasteiger partial charge in [-0.15, -0.1) is 10.2 Å². The summed E-state index contributed by atoms with van der Waals surface area (Å²) in [6.45, 7) is 0. The lowest BCUT2D eigenvalue weighted by molar-refractivity contribution is 0.472. The third kappa shape index (κ3) is 5.47. The van der Waals surface area contributed by atoms with Crippen LogP contribution in [0.15, 0.2) is 68.6 Å². The predicted molar refractivity (Wildman–Crippen MR) is 126 cm³/mol. The van der Waals surface area contributed by atoms with Crippen LogP contribution in [-0.4, -0.2) is 41.0 Å². The van der Waals surface area contributed by atoms with E-state index in [4.69, 9.17) is 11.6 Å². The van der Waals surface area contributed by atoms with E-state index in [9.17, 15) is 39.8 Å². The van der Waals surface area contributed by atoms with Gasteiger partial charge in [0, 0.05) is 11.1 Å². The number of hydrogen-bond acceptors (Lipinski definition) is 10. The monoisotopic (exact) mass is 571 g/mol. The number of nitrogens with zero attached hydrogens (tertiary/aromatic N) is 4. The Morgan fingerprint density at radius 3 is 2.24 bits per heavy atom. The Kier molecular flexibility index (Phi) is 6.78. The van der Waals surface area contributed by atoms with Gasteiger partial charge < -0.3 is 10.4 Å². The van der Waals surface area contributed by atoms with Gasteiger partial charge in [-0.2, -0.15) is 35.6 Å². The van der Waals surface area contributed by atoms with Crippen LogP contribution in [-0.2, 0) is 20.2 Å². The minimum atomic E-state index is -5.02. The average Bonchev–Trinajstić information content (AvgIpc) is 2.80. The van der Waals surface area contributed by atoms with E-state index in [1.54, 1.807) is 0 Å². The van der Waals surface area contributed by atoms with Crippen molar-refractivity contribution >= 4 is 65.5 Å². The molecule has 0 amide bonds. The molecule has 0 aliphatic rings. The highest BCUT2D eigenvalue weighted by Gasteiger charge is 2.23. The van der Waals surface area contributed by atoms with Crippen molar-refractivity contribution in [3.8, 4) is 5.75 Å². The van der Waals surface area contributed by atoms with E-state index in [1.165, 1.54) is 30.3 Å². The van der Waals surface area contributed by atoms with Gasteiger partial charge in [0.2, 0.25) is 5.95 Å². The van der Waals surface area contributed by atoms with Gasteiger partial charge >= 0.3 is 6.08 Å². The molecular formula is C20H12ClF2N5O7S2. The van der Waals surface area contributed by atoms with Crippen LogP contribution in [0.5, 0.6) is 5.75 Å². The number of rotatable bonds is 6. The summed E-state index contributed by atoms with van der Waals surface area (Å²) >= 11 is 5.73. The first-order valence-electron chi connectivity index (χ1n) is 9.66. The molecule has 17 heteroatoms. The molecule has 4 aromatic rings. The average molecular weight is 572 g/mol. The largest absolute Gasteiger partial charge is 0.505 e. The Morgan fingerprint density at radius 2 is 1.57 bits per heavy atom. The van der Waals surface area contributed by atoms with Gasteiger partial charge in [-0.1, -0.05) is 23.7 Å². The molecule has 0 aliphatic carbocycles. The normalized spacial score (nSPS) is 12.4. The summed E-state index contributed by atoms with van der Waals surface area (Å²) in [5, 5.41) is 19.9. The molecule has 192 valence electrons. The van der Waals surface area contributed by atoms with Crippen LogP contribution in [0, 0.1) is 12.0 Å². The van der Waals surface area contributed by atoms with Gasteiger partial charge in [0.05, 0.1) is 0 Å². The van der Waals surface area contributed by atoms with E-state index in [0.717, 1.165) is 18.2 Å². The molecule has 4 rings (SSSR count). The maximum absolute atomic E-state index is 13.6. The van der Waals surface area contributed by atoms with Crippen molar-refractivity contribution in [2.75, 3.05) is 5.32 Å². The molecule has 12 nitrogen and oxygen atoms in total. The van der Waals surface area contributed by atoms with Crippen LogP contribution in [0.4, 0.5) is 31.7 Å². The minimum Gasteiger partial charge on any atom is -0.505 e. The maximum Gasteiger partial charge on any atom is 0.313 e. The lowest BCUT2D eigenvalue weighted by Crippen LogP contribution is -2.02. The number of hydrogen-bond donors (Lipinski definition) is 4. The van der Waals surface area contributed by atoms with E-state index in [2.05, 4.69) is 25.5 Å². The van der Waals surface area contributed by atoms with Gasteiger partial charge in [0.15, 0.2) is 11.6 Å². The van der Waals surface area contributed by atoms with Crippen LogP contribution in [0.2, 0.25) is 5.02 Å².